The molecule has 3 rings (SSSR count). The Balaban J connectivity index is 1.81. The van der Waals surface area contributed by atoms with Gasteiger partial charge in [-0.1, -0.05) is 29.3 Å². The zero-order valence-corrected chi connectivity index (χ0v) is 17.4. The largest absolute Gasteiger partial charge is 0.454 e. The summed E-state index contributed by atoms with van der Waals surface area (Å²) in [4.78, 5) is 26.6. The number of hydrazone groups is 1. The highest BCUT2D eigenvalue weighted by molar-refractivity contribution is 6.44. The van der Waals surface area contributed by atoms with Crippen molar-refractivity contribution < 1.29 is 19.1 Å². The molecule has 1 amide bonds. The molecule has 0 aliphatic carbocycles. The molecule has 11 heteroatoms. The number of nitriles is 1. The van der Waals surface area contributed by atoms with Crippen LogP contribution in [0.25, 0.3) is 10.9 Å². The van der Waals surface area contributed by atoms with Crippen molar-refractivity contribution in [3.63, 3.8) is 0 Å². The molecule has 3 aromatic rings. The highest BCUT2D eigenvalue weighted by Gasteiger charge is 2.16. The Kier molecular flexibility index (Phi) is 6.55. The third-order valence-electron chi connectivity index (χ3n) is 3.81. The lowest BCUT2D eigenvalue weighted by Gasteiger charge is -2.12. The quantitative estimate of drug-likeness (QED) is 0.247. The van der Waals surface area contributed by atoms with Gasteiger partial charge in [0, 0.05) is 11.1 Å². The Hall–Kier alpha value is -3.87. The Morgan fingerprint density at radius 3 is 2.52 bits per heavy atom. The third-order valence-corrected chi connectivity index (χ3v) is 4.37. The Bertz CT molecular complexity index is 1250. The van der Waals surface area contributed by atoms with Crippen molar-refractivity contribution >= 4 is 57.6 Å². The van der Waals surface area contributed by atoms with Gasteiger partial charge in [0.15, 0.2) is 5.75 Å². The smallest absolute Gasteiger partial charge is 0.412 e. The van der Waals surface area contributed by atoms with E-state index >= 15 is 0 Å². The van der Waals surface area contributed by atoms with Crippen molar-refractivity contribution in [2.45, 2.75) is 6.92 Å². The van der Waals surface area contributed by atoms with Crippen LogP contribution < -0.4 is 15.9 Å². The predicted molar refractivity (Wildman–Crippen MR) is 115 cm³/mol. The lowest BCUT2D eigenvalue weighted by Crippen LogP contribution is -2.24. The summed E-state index contributed by atoms with van der Waals surface area (Å²) in [6.45, 7) is 1.91. The van der Waals surface area contributed by atoms with Gasteiger partial charge in [0.1, 0.15) is 11.8 Å². The van der Waals surface area contributed by atoms with Gasteiger partial charge in [-0.2, -0.15) is 10.4 Å². The number of hydrogen-bond donors (Lipinski definition) is 2. The van der Waals surface area contributed by atoms with E-state index in [1.54, 1.807) is 12.1 Å². The average molecular weight is 458 g/mol. The number of rotatable bonds is 5. The molecule has 156 valence electrons. The standard InChI is InChI=1S/C20H13Cl2N5O4/c1-10-2-3-11-6-13(4-5-16(11)25-10)30-18-14(21)7-12(8-15(18)22)26-27-17(9-23)19(28)31-20(24)29/h2-8,26H,1H3,(H2,24,29). The van der Waals surface area contributed by atoms with Gasteiger partial charge in [-0.15, -0.1) is 0 Å². The second-order valence-corrected chi connectivity index (χ2v) is 6.89. The van der Waals surface area contributed by atoms with Crippen LogP contribution in [0, 0.1) is 18.3 Å². The van der Waals surface area contributed by atoms with Crippen molar-refractivity contribution in [1.29, 1.82) is 5.26 Å². The summed E-state index contributed by atoms with van der Waals surface area (Å²) in [5.41, 5.74) is 8.41. The van der Waals surface area contributed by atoms with Crippen LogP contribution in [0.3, 0.4) is 0 Å². The van der Waals surface area contributed by atoms with Crippen LogP contribution >= 0.6 is 23.2 Å². The molecule has 0 atom stereocenters. The van der Waals surface area contributed by atoms with Crippen LogP contribution in [0.2, 0.25) is 10.0 Å². The normalized spacial score (nSPS) is 11.0. The van der Waals surface area contributed by atoms with Crippen molar-refractivity contribution in [3.05, 3.63) is 58.2 Å². The minimum absolute atomic E-state index is 0.144. The first-order valence-electron chi connectivity index (χ1n) is 8.56. The zero-order valence-electron chi connectivity index (χ0n) is 15.8. The minimum atomic E-state index is -1.36. The number of hydrogen-bond acceptors (Lipinski definition) is 8. The van der Waals surface area contributed by atoms with E-state index in [4.69, 9.17) is 38.9 Å². The number of aromatic nitrogens is 1. The van der Waals surface area contributed by atoms with E-state index in [0.717, 1.165) is 16.6 Å². The number of fused-ring (bicyclic) bond motifs is 1. The maximum absolute atomic E-state index is 11.5. The first kappa shape index (κ1) is 21.8. The topological polar surface area (TPSA) is 140 Å². The van der Waals surface area contributed by atoms with Crippen LogP contribution in [0.5, 0.6) is 11.5 Å². The van der Waals surface area contributed by atoms with Crippen LogP contribution in [-0.4, -0.2) is 22.8 Å². The van der Waals surface area contributed by atoms with Gasteiger partial charge < -0.3 is 15.2 Å². The molecule has 2 aromatic carbocycles. The Morgan fingerprint density at radius 1 is 1.16 bits per heavy atom. The summed E-state index contributed by atoms with van der Waals surface area (Å²) in [5, 5.41) is 13.7. The number of primary amides is 1. The molecule has 1 aromatic heterocycles. The van der Waals surface area contributed by atoms with Crippen LogP contribution in [0.15, 0.2) is 47.6 Å². The molecule has 0 spiro atoms. The maximum Gasteiger partial charge on any atom is 0.412 e. The second kappa shape index (κ2) is 9.30. The number of nitrogens with zero attached hydrogens (tertiary/aromatic N) is 3. The number of carbonyl (C=O) groups is 2. The average Bonchev–Trinajstić information content (AvgIpc) is 2.70. The molecular formula is C20H13Cl2N5O4. The summed E-state index contributed by atoms with van der Waals surface area (Å²) < 4.78 is 9.92. The zero-order chi connectivity index (χ0) is 22.5. The van der Waals surface area contributed by atoms with E-state index in [2.05, 4.69) is 20.2 Å². The van der Waals surface area contributed by atoms with Gasteiger partial charge in [0.2, 0.25) is 5.71 Å². The van der Waals surface area contributed by atoms with Gasteiger partial charge in [0.05, 0.1) is 21.2 Å². The van der Waals surface area contributed by atoms with Crippen molar-refractivity contribution in [2.75, 3.05) is 5.43 Å². The summed E-state index contributed by atoms with van der Waals surface area (Å²) in [6.07, 6.45) is -1.36. The van der Waals surface area contributed by atoms with E-state index in [-0.39, 0.29) is 21.5 Å². The number of pyridine rings is 1. The molecule has 0 saturated heterocycles. The Labute approximate surface area is 186 Å². The monoisotopic (exact) mass is 457 g/mol. The number of nitrogens with one attached hydrogen (secondary N) is 1. The number of aryl methyl sites for hydroxylation is 1. The molecule has 0 saturated carbocycles. The predicted octanol–water partition coefficient (Wildman–Crippen LogP) is 4.56. The van der Waals surface area contributed by atoms with E-state index < -0.39 is 17.8 Å². The van der Waals surface area contributed by atoms with Gasteiger partial charge in [-0.25, -0.2) is 9.59 Å². The molecule has 0 aliphatic rings. The van der Waals surface area contributed by atoms with Crippen LogP contribution in [0.1, 0.15) is 5.69 Å². The number of nitrogens with two attached hydrogens (primary N) is 1. The number of ether oxygens (including phenoxy) is 2. The number of halogens is 2. The number of benzene rings is 2. The minimum Gasteiger partial charge on any atom is -0.454 e. The number of anilines is 1. The van der Waals surface area contributed by atoms with Gasteiger partial charge in [-0.05, 0) is 43.3 Å². The van der Waals surface area contributed by atoms with Crippen LogP contribution in [0.4, 0.5) is 10.5 Å². The van der Waals surface area contributed by atoms with E-state index in [0.29, 0.717) is 5.75 Å². The van der Waals surface area contributed by atoms with E-state index in [1.807, 2.05) is 25.1 Å². The highest BCUT2D eigenvalue weighted by atomic mass is 35.5. The summed E-state index contributed by atoms with van der Waals surface area (Å²) >= 11 is 12.6. The number of esters is 1. The molecular weight excluding hydrogens is 445 g/mol. The maximum atomic E-state index is 11.5. The molecule has 9 nitrogen and oxygen atoms in total. The SMILES string of the molecule is Cc1ccc2cc(Oc3c(Cl)cc(NN=C(C#N)C(=O)OC(N)=O)cc3Cl)ccc2n1. The molecule has 0 fully saturated rings. The van der Waals surface area contributed by atoms with Crippen molar-refractivity contribution in [3.8, 4) is 17.6 Å². The van der Waals surface area contributed by atoms with Crippen molar-refractivity contribution in [1.82, 2.24) is 4.98 Å². The summed E-state index contributed by atoms with van der Waals surface area (Å²) in [7, 11) is 0. The Morgan fingerprint density at radius 2 is 1.87 bits per heavy atom. The number of amides is 1. The first-order chi connectivity index (χ1) is 14.8. The van der Waals surface area contributed by atoms with Gasteiger partial charge >= 0.3 is 12.1 Å². The lowest BCUT2D eigenvalue weighted by atomic mass is 10.2. The van der Waals surface area contributed by atoms with Crippen molar-refractivity contribution in [2.24, 2.45) is 10.8 Å². The third kappa shape index (κ3) is 5.39. The molecule has 1 heterocycles. The molecule has 0 unspecified atom stereocenters. The summed E-state index contributed by atoms with van der Waals surface area (Å²) in [5.74, 6) is -0.604. The fraction of sp³-hybridized carbons (Fsp3) is 0.0500. The molecule has 3 N–H and O–H groups in total. The van der Waals surface area contributed by atoms with E-state index in [1.165, 1.54) is 18.2 Å². The first-order valence-corrected chi connectivity index (χ1v) is 9.32. The van der Waals surface area contributed by atoms with E-state index in [9.17, 15) is 9.59 Å². The second-order valence-electron chi connectivity index (χ2n) is 6.07. The number of carbonyl (C=O) groups excluding carboxylic acids is 2. The molecule has 31 heavy (non-hydrogen) atoms. The summed E-state index contributed by atoms with van der Waals surface area (Å²) in [6, 6.07) is 13.5. The molecule has 0 bridgehead atoms. The van der Waals surface area contributed by atoms with Gasteiger partial charge in [-0.3, -0.25) is 10.4 Å². The fourth-order valence-electron chi connectivity index (χ4n) is 2.49. The molecule has 0 aliphatic heterocycles. The van der Waals surface area contributed by atoms with Crippen LogP contribution in [-0.2, 0) is 9.53 Å². The highest BCUT2D eigenvalue weighted by Crippen LogP contribution is 2.39. The fourth-order valence-corrected chi connectivity index (χ4v) is 3.05. The molecule has 0 radical (unpaired) electrons. The lowest BCUT2D eigenvalue weighted by molar-refractivity contribution is -0.129. The van der Waals surface area contributed by atoms with Gasteiger partial charge in [0.25, 0.3) is 0 Å².